The molecule has 10 heteroatoms. The average molecular weight is 469 g/mol. The summed E-state index contributed by atoms with van der Waals surface area (Å²) >= 11 is 1.32. The summed E-state index contributed by atoms with van der Waals surface area (Å²) in [5, 5.41) is 13.0. The lowest BCUT2D eigenvalue weighted by Crippen LogP contribution is -2.34. The van der Waals surface area contributed by atoms with Gasteiger partial charge in [-0.05, 0) is 57.2 Å². The minimum Gasteiger partial charge on any atom is -0.473 e. The Morgan fingerprint density at radius 1 is 1.27 bits per heavy atom. The number of benzene rings is 2. The largest absolute Gasteiger partial charge is 0.473 e. The molecule has 0 spiro atoms. The van der Waals surface area contributed by atoms with Crippen LogP contribution in [0.4, 0.5) is 10.1 Å². The first-order valence-electron chi connectivity index (χ1n) is 10.8. The number of rotatable bonds is 8. The Morgan fingerprint density at radius 2 is 2.09 bits per heavy atom. The molecule has 1 aliphatic heterocycles. The molecule has 0 saturated carbocycles. The summed E-state index contributed by atoms with van der Waals surface area (Å²) in [7, 11) is 1.91. The highest BCUT2D eigenvalue weighted by Gasteiger charge is 2.18. The molecule has 1 aromatic heterocycles. The zero-order valence-electron chi connectivity index (χ0n) is 18.5. The zero-order valence-corrected chi connectivity index (χ0v) is 19.3. The van der Waals surface area contributed by atoms with E-state index >= 15 is 0 Å². The Kier molecular flexibility index (Phi) is 7.44. The van der Waals surface area contributed by atoms with Crippen molar-refractivity contribution in [1.82, 2.24) is 19.6 Å². The monoisotopic (exact) mass is 468 g/mol. The van der Waals surface area contributed by atoms with Crippen LogP contribution in [0.3, 0.4) is 0 Å². The van der Waals surface area contributed by atoms with E-state index in [-0.39, 0.29) is 17.4 Å². The van der Waals surface area contributed by atoms with Crippen LogP contribution in [0.5, 0.6) is 17.4 Å². The highest BCUT2D eigenvalue weighted by atomic mass is 32.2. The predicted octanol–water partition coefficient (Wildman–Crippen LogP) is 4.49. The van der Waals surface area contributed by atoms with Crippen molar-refractivity contribution >= 4 is 28.9 Å². The summed E-state index contributed by atoms with van der Waals surface area (Å²) in [6.45, 7) is 4.63. The average Bonchev–Trinajstić information content (AvgIpc) is 2.84. The molecule has 4 rings (SSSR count). The molecule has 2 N–H and O–H groups in total. The van der Waals surface area contributed by atoms with Gasteiger partial charge in [-0.25, -0.2) is 18.7 Å². The fourth-order valence-electron chi connectivity index (χ4n) is 3.34. The fraction of sp³-hybridized carbons (Fsp3) is 0.348. The van der Waals surface area contributed by atoms with Crippen LogP contribution in [0.1, 0.15) is 25.3 Å². The summed E-state index contributed by atoms with van der Waals surface area (Å²) in [6.07, 6.45) is 3.54. The van der Waals surface area contributed by atoms with E-state index in [2.05, 4.69) is 20.0 Å². The van der Waals surface area contributed by atoms with Gasteiger partial charge in [-0.2, -0.15) is 5.26 Å². The predicted molar refractivity (Wildman–Crippen MR) is 127 cm³/mol. The summed E-state index contributed by atoms with van der Waals surface area (Å²) in [5.74, 6) is 0.0252. The second kappa shape index (κ2) is 10.7. The van der Waals surface area contributed by atoms with Gasteiger partial charge in [-0.15, -0.1) is 0 Å². The van der Waals surface area contributed by atoms with E-state index in [0.717, 1.165) is 32.5 Å². The normalized spacial score (nSPS) is 14.3. The van der Waals surface area contributed by atoms with Crippen LogP contribution in [0.15, 0.2) is 36.5 Å². The second-order valence-corrected chi connectivity index (χ2v) is 8.59. The van der Waals surface area contributed by atoms with Gasteiger partial charge in [0.15, 0.2) is 11.6 Å². The standard InChI is InChI=1S/C23H25FN6O2S/c1-3-30(2)33-29-19-7-5-18(24)23(17(19)13-25)32-16-4-6-20-21(12-16)28-22(14-27-20)31-15-8-10-26-11-9-15/h4-7,12,14-15,26,29H,3,8-11H2,1-2H3. The summed E-state index contributed by atoms with van der Waals surface area (Å²) in [4.78, 5) is 8.95. The Morgan fingerprint density at radius 3 is 2.85 bits per heavy atom. The first kappa shape index (κ1) is 23.0. The van der Waals surface area contributed by atoms with Crippen molar-refractivity contribution < 1.29 is 13.9 Å². The maximum absolute atomic E-state index is 14.6. The molecule has 0 unspecified atom stereocenters. The minimum atomic E-state index is -0.625. The quantitative estimate of drug-likeness (QED) is 0.464. The lowest BCUT2D eigenvalue weighted by atomic mass is 10.1. The van der Waals surface area contributed by atoms with Crippen molar-refractivity contribution in [2.75, 3.05) is 31.4 Å². The number of hydrogen-bond donors (Lipinski definition) is 2. The van der Waals surface area contributed by atoms with Crippen molar-refractivity contribution in [2.24, 2.45) is 0 Å². The molecule has 33 heavy (non-hydrogen) atoms. The first-order chi connectivity index (χ1) is 16.1. The third-order valence-electron chi connectivity index (χ3n) is 5.26. The van der Waals surface area contributed by atoms with E-state index in [1.165, 1.54) is 24.3 Å². The molecule has 1 fully saturated rings. The van der Waals surface area contributed by atoms with Crippen LogP contribution in [-0.4, -0.2) is 47.1 Å². The zero-order chi connectivity index (χ0) is 23.2. The molecular formula is C23H25FN6O2S. The maximum Gasteiger partial charge on any atom is 0.233 e. The molecular weight excluding hydrogens is 443 g/mol. The summed E-state index contributed by atoms with van der Waals surface area (Å²) < 4.78 is 31.4. The Bertz CT molecular complexity index is 1170. The van der Waals surface area contributed by atoms with Crippen LogP contribution in [0, 0.1) is 17.1 Å². The van der Waals surface area contributed by atoms with E-state index in [4.69, 9.17) is 9.47 Å². The topological polar surface area (TPSA) is 95.3 Å². The Hall–Kier alpha value is -3.13. The molecule has 2 aromatic carbocycles. The van der Waals surface area contributed by atoms with Crippen LogP contribution >= 0.6 is 12.1 Å². The molecule has 1 aliphatic rings. The van der Waals surface area contributed by atoms with Gasteiger partial charge in [0.2, 0.25) is 5.88 Å². The van der Waals surface area contributed by atoms with Crippen LogP contribution in [-0.2, 0) is 0 Å². The smallest absolute Gasteiger partial charge is 0.233 e. The van der Waals surface area contributed by atoms with Crippen molar-refractivity contribution in [1.29, 1.82) is 5.26 Å². The third-order valence-corrected chi connectivity index (χ3v) is 6.14. The maximum atomic E-state index is 14.6. The van der Waals surface area contributed by atoms with Crippen molar-refractivity contribution in [3.63, 3.8) is 0 Å². The van der Waals surface area contributed by atoms with Gasteiger partial charge in [0.05, 0.1) is 22.9 Å². The SMILES string of the molecule is CCN(C)SNc1ccc(F)c(Oc2ccc3ncc(OC4CCNCC4)nc3c2)c1C#N. The number of nitriles is 1. The van der Waals surface area contributed by atoms with Crippen molar-refractivity contribution in [3.8, 4) is 23.4 Å². The number of nitrogens with zero attached hydrogens (tertiary/aromatic N) is 4. The fourth-order valence-corrected chi connectivity index (χ4v) is 3.89. The third kappa shape index (κ3) is 5.63. The lowest BCUT2D eigenvalue weighted by Gasteiger charge is -2.23. The Labute approximate surface area is 196 Å². The number of anilines is 1. The van der Waals surface area contributed by atoms with E-state index in [0.29, 0.717) is 28.4 Å². The second-order valence-electron chi connectivity index (χ2n) is 7.58. The molecule has 172 valence electrons. The molecule has 0 radical (unpaired) electrons. The van der Waals surface area contributed by atoms with Crippen molar-refractivity contribution in [3.05, 3.63) is 47.9 Å². The van der Waals surface area contributed by atoms with E-state index < -0.39 is 5.82 Å². The highest BCUT2D eigenvalue weighted by Crippen LogP contribution is 2.35. The molecule has 0 amide bonds. The number of fused-ring (bicyclic) bond motifs is 1. The van der Waals surface area contributed by atoms with Crippen molar-refractivity contribution in [2.45, 2.75) is 25.9 Å². The molecule has 1 saturated heterocycles. The summed E-state index contributed by atoms with van der Waals surface area (Å²) in [6, 6.07) is 9.92. The van der Waals surface area contributed by atoms with Gasteiger partial charge in [0, 0.05) is 24.7 Å². The van der Waals surface area contributed by atoms with E-state index in [9.17, 15) is 9.65 Å². The molecule has 2 heterocycles. The van der Waals surface area contributed by atoms with Gasteiger partial charge >= 0.3 is 0 Å². The first-order valence-corrected chi connectivity index (χ1v) is 11.5. The van der Waals surface area contributed by atoms with Gasteiger partial charge in [-0.1, -0.05) is 6.92 Å². The number of halogens is 1. The van der Waals surface area contributed by atoms with Crippen LogP contribution in [0.25, 0.3) is 11.0 Å². The van der Waals surface area contributed by atoms with Crippen LogP contribution in [0.2, 0.25) is 0 Å². The van der Waals surface area contributed by atoms with E-state index in [1.54, 1.807) is 24.4 Å². The number of nitrogens with one attached hydrogen (secondary N) is 2. The van der Waals surface area contributed by atoms with Crippen LogP contribution < -0.4 is 19.5 Å². The highest BCUT2D eigenvalue weighted by molar-refractivity contribution is 7.98. The molecule has 0 bridgehead atoms. The van der Waals surface area contributed by atoms with Gasteiger partial charge in [0.25, 0.3) is 0 Å². The Balaban J connectivity index is 1.58. The number of ether oxygens (including phenoxy) is 2. The number of piperidine rings is 1. The number of hydrogen-bond acceptors (Lipinski definition) is 9. The lowest BCUT2D eigenvalue weighted by molar-refractivity contribution is 0.156. The van der Waals surface area contributed by atoms with Gasteiger partial charge < -0.3 is 19.5 Å². The van der Waals surface area contributed by atoms with Gasteiger partial charge in [0.1, 0.15) is 23.5 Å². The number of aromatic nitrogens is 2. The van der Waals surface area contributed by atoms with Gasteiger partial charge in [-0.3, -0.25) is 0 Å². The van der Waals surface area contributed by atoms with E-state index in [1.807, 2.05) is 24.3 Å². The molecule has 3 aromatic rings. The minimum absolute atomic E-state index is 0.0844. The molecule has 0 aliphatic carbocycles. The summed E-state index contributed by atoms with van der Waals surface area (Å²) in [5.41, 5.74) is 1.78. The molecule has 0 atom stereocenters. The molecule has 8 nitrogen and oxygen atoms in total.